The van der Waals surface area contributed by atoms with Crippen molar-refractivity contribution in [3.8, 4) is 0 Å². The van der Waals surface area contributed by atoms with Crippen LogP contribution in [0, 0.1) is 0 Å². The Morgan fingerprint density at radius 3 is 2.69 bits per heavy atom. The maximum Gasteiger partial charge on any atom is 0.127 e. The summed E-state index contributed by atoms with van der Waals surface area (Å²) in [6.45, 7) is 0.495. The third-order valence-corrected chi connectivity index (χ3v) is 2.29. The first-order chi connectivity index (χ1) is 6.29. The van der Waals surface area contributed by atoms with Crippen LogP contribution in [-0.2, 0) is 4.79 Å². The molecule has 0 aliphatic rings. The molecule has 0 amide bonds. The lowest BCUT2D eigenvalue weighted by atomic mass is 9.97. The molecule has 1 atom stereocenters. The third kappa shape index (κ3) is 2.54. The first-order valence-electron chi connectivity index (χ1n) is 4.19. The van der Waals surface area contributed by atoms with Crippen molar-refractivity contribution in [1.29, 1.82) is 0 Å². The van der Waals surface area contributed by atoms with Gasteiger partial charge in [-0.2, -0.15) is 0 Å². The molecular formula is C10H12ClNO. The number of halogens is 1. The predicted octanol–water partition coefficient (Wildman–Crippen LogP) is 1.97. The Hall–Kier alpha value is -0.860. The second-order valence-corrected chi connectivity index (χ2v) is 3.25. The van der Waals surface area contributed by atoms with Crippen LogP contribution < -0.4 is 5.73 Å². The van der Waals surface area contributed by atoms with E-state index >= 15 is 0 Å². The summed E-state index contributed by atoms with van der Waals surface area (Å²) in [5.74, 6) is -0.168. The van der Waals surface area contributed by atoms with Gasteiger partial charge < -0.3 is 10.5 Å². The fraction of sp³-hybridized carbons (Fsp3) is 0.300. The van der Waals surface area contributed by atoms with Crippen LogP contribution in [0.3, 0.4) is 0 Å². The van der Waals surface area contributed by atoms with Gasteiger partial charge in [0.15, 0.2) is 0 Å². The highest BCUT2D eigenvalue weighted by molar-refractivity contribution is 6.31. The summed E-state index contributed by atoms with van der Waals surface area (Å²) in [7, 11) is 0. The van der Waals surface area contributed by atoms with Crippen molar-refractivity contribution in [2.45, 2.75) is 12.3 Å². The van der Waals surface area contributed by atoms with Crippen molar-refractivity contribution in [1.82, 2.24) is 0 Å². The minimum atomic E-state index is -0.168. The van der Waals surface area contributed by atoms with Crippen molar-refractivity contribution in [3.63, 3.8) is 0 Å². The van der Waals surface area contributed by atoms with Gasteiger partial charge in [0.1, 0.15) is 6.29 Å². The molecule has 1 aromatic rings. The molecule has 2 nitrogen and oxygen atoms in total. The van der Waals surface area contributed by atoms with Gasteiger partial charge in [0.2, 0.25) is 0 Å². The Balaban J connectivity index is 2.90. The third-order valence-electron chi connectivity index (χ3n) is 1.95. The molecule has 0 saturated carbocycles. The number of aldehydes is 1. The van der Waals surface area contributed by atoms with E-state index < -0.39 is 0 Å². The van der Waals surface area contributed by atoms with Crippen molar-refractivity contribution >= 4 is 17.9 Å². The molecule has 0 aliphatic carbocycles. The molecule has 3 heteroatoms. The molecule has 0 saturated heterocycles. The molecule has 0 fully saturated rings. The molecule has 0 radical (unpaired) electrons. The maximum atomic E-state index is 10.7. The van der Waals surface area contributed by atoms with Crippen LogP contribution in [0.2, 0.25) is 5.02 Å². The van der Waals surface area contributed by atoms with Crippen molar-refractivity contribution in [2.24, 2.45) is 5.73 Å². The van der Waals surface area contributed by atoms with Crippen LogP contribution in [0.25, 0.3) is 0 Å². The van der Waals surface area contributed by atoms with Crippen LogP contribution in [-0.4, -0.2) is 12.8 Å². The lowest BCUT2D eigenvalue weighted by Crippen LogP contribution is -2.08. The van der Waals surface area contributed by atoms with E-state index in [9.17, 15) is 4.79 Å². The molecule has 2 N–H and O–H groups in total. The minimum Gasteiger partial charge on any atom is -0.330 e. The number of carbonyl (C=O) groups is 1. The molecule has 1 rings (SSSR count). The maximum absolute atomic E-state index is 10.7. The molecule has 70 valence electrons. The van der Waals surface area contributed by atoms with E-state index in [1.54, 1.807) is 6.07 Å². The van der Waals surface area contributed by atoms with E-state index in [1.807, 2.05) is 18.2 Å². The Kier molecular flexibility index (Phi) is 3.93. The molecular weight excluding hydrogens is 186 g/mol. The molecule has 13 heavy (non-hydrogen) atoms. The fourth-order valence-electron chi connectivity index (χ4n) is 1.25. The Labute approximate surface area is 82.7 Å². The van der Waals surface area contributed by atoms with E-state index in [1.165, 1.54) is 0 Å². The monoisotopic (exact) mass is 197 g/mol. The Morgan fingerprint density at radius 2 is 2.15 bits per heavy atom. The number of nitrogens with two attached hydrogens (primary N) is 1. The van der Waals surface area contributed by atoms with Gasteiger partial charge in [-0.3, -0.25) is 0 Å². The van der Waals surface area contributed by atoms with Crippen molar-refractivity contribution < 1.29 is 4.79 Å². The zero-order valence-electron chi connectivity index (χ0n) is 7.24. The van der Waals surface area contributed by atoms with E-state index in [0.29, 0.717) is 18.0 Å². The molecule has 1 unspecified atom stereocenters. The van der Waals surface area contributed by atoms with Crippen LogP contribution >= 0.6 is 11.6 Å². The molecule has 0 aliphatic heterocycles. The van der Waals surface area contributed by atoms with E-state index in [2.05, 4.69) is 0 Å². The number of rotatable bonds is 4. The van der Waals surface area contributed by atoms with Crippen LogP contribution in [0.15, 0.2) is 24.3 Å². The molecule has 0 aromatic heterocycles. The van der Waals surface area contributed by atoms with Crippen molar-refractivity contribution in [2.75, 3.05) is 6.54 Å². The van der Waals surface area contributed by atoms with Gasteiger partial charge in [-0.25, -0.2) is 0 Å². The van der Waals surface area contributed by atoms with E-state index in [0.717, 1.165) is 11.8 Å². The quantitative estimate of drug-likeness (QED) is 0.750. The minimum absolute atomic E-state index is 0.168. The molecule has 0 spiro atoms. The molecule has 1 aromatic carbocycles. The molecule has 0 heterocycles. The average molecular weight is 198 g/mol. The van der Waals surface area contributed by atoms with Crippen LogP contribution in [0.5, 0.6) is 0 Å². The van der Waals surface area contributed by atoms with Gasteiger partial charge >= 0.3 is 0 Å². The fourth-order valence-corrected chi connectivity index (χ4v) is 1.53. The lowest BCUT2D eigenvalue weighted by molar-refractivity contribution is -0.109. The SMILES string of the molecule is NCCC(C=O)c1ccccc1Cl. The highest BCUT2D eigenvalue weighted by Crippen LogP contribution is 2.24. The largest absolute Gasteiger partial charge is 0.330 e. The first kappa shape index (κ1) is 10.2. The molecule has 0 bridgehead atoms. The lowest BCUT2D eigenvalue weighted by Gasteiger charge is -2.10. The van der Waals surface area contributed by atoms with E-state index in [-0.39, 0.29) is 5.92 Å². The van der Waals surface area contributed by atoms with Crippen LogP contribution in [0.4, 0.5) is 0 Å². The summed E-state index contributed by atoms with van der Waals surface area (Å²) in [5.41, 5.74) is 6.26. The number of hydrogen-bond acceptors (Lipinski definition) is 2. The van der Waals surface area contributed by atoms with Gasteiger partial charge in [-0.1, -0.05) is 29.8 Å². The number of hydrogen-bond donors (Lipinski definition) is 1. The van der Waals surface area contributed by atoms with E-state index in [4.69, 9.17) is 17.3 Å². The summed E-state index contributed by atoms with van der Waals surface area (Å²) in [6, 6.07) is 7.35. The smallest absolute Gasteiger partial charge is 0.127 e. The summed E-state index contributed by atoms with van der Waals surface area (Å²) in [6.07, 6.45) is 1.54. The summed E-state index contributed by atoms with van der Waals surface area (Å²) in [4.78, 5) is 10.7. The van der Waals surface area contributed by atoms with Gasteiger partial charge in [0, 0.05) is 10.9 Å². The summed E-state index contributed by atoms with van der Waals surface area (Å²) >= 11 is 5.93. The normalized spacial score (nSPS) is 12.5. The van der Waals surface area contributed by atoms with Gasteiger partial charge in [-0.05, 0) is 24.6 Å². The highest BCUT2D eigenvalue weighted by atomic mass is 35.5. The second-order valence-electron chi connectivity index (χ2n) is 2.84. The zero-order valence-corrected chi connectivity index (χ0v) is 8.00. The summed E-state index contributed by atoms with van der Waals surface area (Å²) < 4.78 is 0. The topological polar surface area (TPSA) is 43.1 Å². The van der Waals surface area contributed by atoms with Crippen LogP contribution in [0.1, 0.15) is 17.9 Å². The average Bonchev–Trinajstić information content (AvgIpc) is 2.16. The highest BCUT2D eigenvalue weighted by Gasteiger charge is 2.11. The Bertz CT molecular complexity index is 288. The second kappa shape index (κ2) is 5.00. The number of carbonyl (C=O) groups excluding carboxylic acids is 1. The zero-order chi connectivity index (χ0) is 9.68. The number of benzene rings is 1. The van der Waals surface area contributed by atoms with Gasteiger partial charge in [0.05, 0.1) is 0 Å². The Morgan fingerprint density at radius 1 is 1.46 bits per heavy atom. The standard InChI is InChI=1S/C10H12ClNO/c11-10-4-2-1-3-9(10)8(7-13)5-6-12/h1-4,7-8H,5-6,12H2. The van der Waals surface area contributed by atoms with Gasteiger partial charge in [0.25, 0.3) is 0 Å². The van der Waals surface area contributed by atoms with Crippen molar-refractivity contribution in [3.05, 3.63) is 34.9 Å². The van der Waals surface area contributed by atoms with Gasteiger partial charge in [-0.15, -0.1) is 0 Å². The summed E-state index contributed by atoms with van der Waals surface area (Å²) in [5, 5.41) is 0.632. The predicted molar refractivity (Wildman–Crippen MR) is 53.9 cm³/mol. The first-order valence-corrected chi connectivity index (χ1v) is 4.57.